The van der Waals surface area contributed by atoms with Crippen LogP contribution in [0.5, 0.6) is 0 Å². The van der Waals surface area contributed by atoms with Gasteiger partial charge in [0.25, 0.3) is 5.91 Å². The summed E-state index contributed by atoms with van der Waals surface area (Å²) in [4.78, 5) is 25.0. The summed E-state index contributed by atoms with van der Waals surface area (Å²) in [6.45, 7) is 6.62. The van der Waals surface area contributed by atoms with Crippen molar-refractivity contribution in [2.24, 2.45) is 5.92 Å². The molecule has 1 saturated heterocycles. The lowest BCUT2D eigenvalue weighted by atomic mass is 10.0. The van der Waals surface area contributed by atoms with Gasteiger partial charge in [0.15, 0.2) is 0 Å². The number of thioether (sulfide) groups is 1. The Kier molecular flexibility index (Phi) is 7.82. The minimum absolute atomic E-state index is 0.0508. The molecule has 6 heteroatoms. The minimum Gasteiger partial charge on any atom is -0.481 e. The van der Waals surface area contributed by atoms with Gasteiger partial charge in [-0.1, -0.05) is 48.6 Å². The fraction of sp³-hybridized carbons (Fsp3) is 0.562. The molecule has 0 spiro atoms. The van der Waals surface area contributed by atoms with Crippen LogP contribution in [0.1, 0.15) is 46.5 Å². The molecular formula is C16H23NO3S2. The maximum atomic E-state index is 12.3. The summed E-state index contributed by atoms with van der Waals surface area (Å²) < 4.78 is 0.526. The zero-order valence-electron chi connectivity index (χ0n) is 13.3. The Labute approximate surface area is 141 Å². The van der Waals surface area contributed by atoms with E-state index in [1.807, 2.05) is 6.08 Å². The number of carbonyl (C=O) groups is 2. The highest BCUT2D eigenvalue weighted by Gasteiger charge is 2.31. The standard InChI is InChI=1S/C16H23NO3S2/c1-11(2)6-4-7-12(3)10-13-15(20)17(16(21)22-13)9-5-8-14(18)19/h6,10,12H,4-5,7-9H2,1-3H3,(H,18,19)/b13-10-. The van der Waals surface area contributed by atoms with Gasteiger partial charge in [0.05, 0.1) is 4.91 Å². The normalized spacial score (nSPS) is 18.0. The van der Waals surface area contributed by atoms with Crippen LogP contribution in [0.2, 0.25) is 0 Å². The molecule has 0 aromatic heterocycles. The molecule has 0 aromatic rings. The second-order valence-corrected chi connectivity index (χ2v) is 7.36. The zero-order chi connectivity index (χ0) is 16.7. The van der Waals surface area contributed by atoms with Gasteiger partial charge in [-0.3, -0.25) is 14.5 Å². The number of aliphatic carboxylic acids is 1. The molecule has 0 aromatic carbocycles. The first kappa shape index (κ1) is 18.9. The van der Waals surface area contributed by atoms with Gasteiger partial charge < -0.3 is 5.11 Å². The lowest BCUT2D eigenvalue weighted by molar-refractivity contribution is -0.137. The van der Waals surface area contributed by atoms with Gasteiger partial charge in [-0.2, -0.15) is 0 Å². The number of hydrogen-bond acceptors (Lipinski definition) is 4. The molecule has 1 amide bonds. The average Bonchev–Trinajstić information content (AvgIpc) is 2.65. The van der Waals surface area contributed by atoms with E-state index >= 15 is 0 Å². The Morgan fingerprint density at radius 1 is 1.45 bits per heavy atom. The molecule has 1 rings (SSSR count). The van der Waals surface area contributed by atoms with Crippen LogP contribution in [-0.4, -0.2) is 32.7 Å². The Balaban J connectivity index is 2.56. The van der Waals surface area contributed by atoms with Crippen molar-refractivity contribution in [1.29, 1.82) is 0 Å². The van der Waals surface area contributed by atoms with E-state index in [2.05, 4.69) is 26.8 Å². The Hall–Kier alpha value is -1.14. The predicted octanol–water partition coefficient (Wildman–Crippen LogP) is 3.98. The Morgan fingerprint density at radius 3 is 2.73 bits per heavy atom. The summed E-state index contributed by atoms with van der Waals surface area (Å²) in [5.74, 6) is -0.632. The van der Waals surface area contributed by atoms with Crippen molar-refractivity contribution in [2.45, 2.75) is 46.5 Å². The Bertz CT molecular complexity index is 508. The van der Waals surface area contributed by atoms with E-state index in [1.54, 1.807) is 0 Å². The quantitative estimate of drug-likeness (QED) is 0.411. The number of carboxylic acids is 1. The molecule has 1 fully saturated rings. The van der Waals surface area contributed by atoms with E-state index in [0.717, 1.165) is 12.8 Å². The van der Waals surface area contributed by atoms with Gasteiger partial charge in [-0.15, -0.1) is 0 Å². The SMILES string of the molecule is CC(C)=CCCC(C)/C=C1\SC(=S)N(CCCC(=O)O)C1=O. The van der Waals surface area contributed by atoms with Crippen LogP contribution >= 0.6 is 24.0 Å². The lowest BCUT2D eigenvalue weighted by Crippen LogP contribution is -2.29. The molecule has 0 radical (unpaired) electrons. The molecule has 1 atom stereocenters. The third-order valence-corrected chi connectivity index (χ3v) is 4.65. The number of rotatable bonds is 8. The van der Waals surface area contributed by atoms with Crippen LogP contribution in [-0.2, 0) is 9.59 Å². The van der Waals surface area contributed by atoms with Crippen molar-refractivity contribution >= 4 is 40.2 Å². The molecular weight excluding hydrogens is 318 g/mol. The molecule has 1 N–H and O–H groups in total. The van der Waals surface area contributed by atoms with E-state index < -0.39 is 5.97 Å². The highest BCUT2D eigenvalue weighted by molar-refractivity contribution is 8.26. The van der Waals surface area contributed by atoms with Gasteiger partial charge in [-0.05, 0) is 39.0 Å². The first-order valence-electron chi connectivity index (χ1n) is 7.42. The molecule has 22 heavy (non-hydrogen) atoms. The molecule has 0 saturated carbocycles. The van der Waals surface area contributed by atoms with Crippen LogP contribution in [0.15, 0.2) is 22.6 Å². The number of carbonyl (C=O) groups excluding carboxylic acids is 1. The van der Waals surface area contributed by atoms with Crippen LogP contribution < -0.4 is 0 Å². The van der Waals surface area contributed by atoms with Gasteiger partial charge in [-0.25, -0.2) is 0 Å². The van der Waals surface area contributed by atoms with Crippen molar-refractivity contribution in [3.63, 3.8) is 0 Å². The second kappa shape index (κ2) is 9.10. The van der Waals surface area contributed by atoms with Crippen molar-refractivity contribution in [2.75, 3.05) is 6.54 Å². The summed E-state index contributed by atoms with van der Waals surface area (Å²) >= 11 is 6.53. The van der Waals surface area contributed by atoms with Crippen LogP contribution in [0.3, 0.4) is 0 Å². The number of carboxylic acid groups (broad SMARTS) is 1. The van der Waals surface area contributed by atoms with Crippen LogP contribution in [0.4, 0.5) is 0 Å². The van der Waals surface area contributed by atoms with Crippen molar-refractivity contribution in [3.8, 4) is 0 Å². The highest BCUT2D eigenvalue weighted by Crippen LogP contribution is 2.32. The summed E-state index contributed by atoms with van der Waals surface area (Å²) in [7, 11) is 0. The molecule has 1 unspecified atom stereocenters. The maximum Gasteiger partial charge on any atom is 0.303 e. The monoisotopic (exact) mass is 341 g/mol. The van der Waals surface area contributed by atoms with Gasteiger partial charge in [0.1, 0.15) is 4.32 Å². The predicted molar refractivity (Wildman–Crippen MR) is 94.7 cm³/mol. The summed E-state index contributed by atoms with van der Waals surface area (Å²) in [6.07, 6.45) is 6.64. The minimum atomic E-state index is -0.853. The van der Waals surface area contributed by atoms with E-state index in [-0.39, 0.29) is 12.3 Å². The topological polar surface area (TPSA) is 57.6 Å². The third-order valence-electron chi connectivity index (χ3n) is 3.26. The van der Waals surface area contributed by atoms with Crippen molar-refractivity contribution in [3.05, 3.63) is 22.6 Å². The lowest BCUT2D eigenvalue weighted by Gasteiger charge is -2.13. The third kappa shape index (κ3) is 6.32. The molecule has 4 nitrogen and oxygen atoms in total. The fourth-order valence-corrected chi connectivity index (χ4v) is 3.49. The first-order chi connectivity index (χ1) is 10.3. The average molecular weight is 341 g/mol. The number of allylic oxidation sites excluding steroid dienone is 3. The number of hydrogen-bond donors (Lipinski definition) is 1. The summed E-state index contributed by atoms with van der Waals surface area (Å²) in [5.41, 5.74) is 1.30. The number of amides is 1. The number of nitrogens with zero attached hydrogens (tertiary/aromatic N) is 1. The molecule has 0 bridgehead atoms. The van der Waals surface area contributed by atoms with Crippen molar-refractivity contribution < 1.29 is 14.7 Å². The smallest absolute Gasteiger partial charge is 0.303 e. The Morgan fingerprint density at radius 2 is 2.14 bits per heavy atom. The van der Waals surface area contributed by atoms with Crippen molar-refractivity contribution in [1.82, 2.24) is 4.90 Å². The van der Waals surface area contributed by atoms with Crippen LogP contribution in [0.25, 0.3) is 0 Å². The second-order valence-electron chi connectivity index (χ2n) is 5.69. The van der Waals surface area contributed by atoms with E-state index in [4.69, 9.17) is 17.3 Å². The van der Waals surface area contributed by atoms with Gasteiger partial charge in [0, 0.05) is 13.0 Å². The number of thiocarbonyl (C=S) groups is 1. The fourth-order valence-electron chi connectivity index (χ4n) is 2.07. The zero-order valence-corrected chi connectivity index (χ0v) is 14.9. The van der Waals surface area contributed by atoms with E-state index in [1.165, 1.54) is 22.2 Å². The summed E-state index contributed by atoms with van der Waals surface area (Å²) in [6, 6.07) is 0. The first-order valence-corrected chi connectivity index (χ1v) is 8.64. The van der Waals surface area contributed by atoms with Crippen LogP contribution in [0, 0.1) is 5.92 Å². The van der Waals surface area contributed by atoms with E-state index in [9.17, 15) is 9.59 Å². The molecule has 1 aliphatic rings. The van der Waals surface area contributed by atoms with Gasteiger partial charge >= 0.3 is 5.97 Å². The highest BCUT2D eigenvalue weighted by atomic mass is 32.2. The van der Waals surface area contributed by atoms with E-state index in [0.29, 0.717) is 28.1 Å². The molecule has 1 aliphatic heterocycles. The summed E-state index contributed by atoms with van der Waals surface area (Å²) in [5, 5.41) is 8.65. The molecule has 1 heterocycles. The molecule has 0 aliphatic carbocycles. The molecule has 122 valence electrons. The van der Waals surface area contributed by atoms with Gasteiger partial charge in [0.2, 0.25) is 0 Å². The largest absolute Gasteiger partial charge is 0.481 e. The maximum absolute atomic E-state index is 12.3.